The Morgan fingerprint density at radius 1 is 0.947 bits per heavy atom. The maximum atomic E-state index is 5.40. The van der Waals surface area contributed by atoms with Crippen molar-refractivity contribution in [3.05, 3.63) is 77.9 Å². The normalized spacial score (nSPS) is 10.7. The van der Waals surface area contributed by atoms with Crippen LogP contribution in [0, 0.1) is 0 Å². The highest BCUT2D eigenvalue weighted by Crippen LogP contribution is 2.12. The number of hydrogen-bond acceptors (Lipinski definition) is 2. The Bertz CT molecular complexity index is 530. The Balaban J connectivity index is 1.74. The lowest BCUT2D eigenvalue weighted by molar-refractivity contribution is 1.37. The van der Waals surface area contributed by atoms with E-state index in [0.29, 0.717) is 0 Å². The molecule has 0 unspecified atom stereocenters. The highest BCUT2D eigenvalue weighted by molar-refractivity contribution is 8.23. The number of benzene rings is 2. The van der Waals surface area contributed by atoms with Crippen molar-refractivity contribution >= 4 is 34.3 Å². The first-order chi connectivity index (χ1) is 9.34. The van der Waals surface area contributed by atoms with E-state index < -0.39 is 0 Å². The van der Waals surface area contributed by atoms with Crippen molar-refractivity contribution in [2.75, 3.05) is 5.75 Å². The first-order valence-corrected chi connectivity index (χ1v) is 7.65. The minimum Gasteiger partial charge on any atom is -0.114 e. The quantitative estimate of drug-likeness (QED) is 0.708. The molecule has 2 rings (SSSR count). The SMILES string of the molecule is S=C(Cc1ccccc1)SC/C=C/c1ccccc1. The van der Waals surface area contributed by atoms with Crippen LogP contribution in [0.5, 0.6) is 0 Å². The third kappa shape index (κ3) is 5.41. The molecule has 0 saturated carbocycles. The molecule has 0 heterocycles. The standard InChI is InChI=1S/C17H16S2/c18-17(14-16-10-5-2-6-11-16)19-13-7-12-15-8-3-1-4-9-15/h1-12H,13-14H2/b12-7+. The molecule has 0 N–H and O–H groups in total. The largest absolute Gasteiger partial charge is 0.114 e. The molecule has 19 heavy (non-hydrogen) atoms. The van der Waals surface area contributed by atoms with E-state index in [2.05, 4.69) is 48.6 Å². The first kappa shape index (κ1) is 14.0. The summed E-state index contributed by atoms with van der Waals surface area (Å²) >= 11 is 7.13. The Kier molecular flexibility index (Phi) is 5.86. The Hall–Kier alpha value is -1.38. The van der Waals surface area contributed by atoms with Gasteiger partial charge < -0.3 is 0 Å². The predicted octanol–water partition coefficient (Wildman–Crippen LogP) is 5.00. The van der Waals surface area contributed by atoms with Gasteiger partial charge >= 0.3 is 0 Å². The van der Waals surface area contributed by atoms with Gasteiger partial charge in [0.05, 0.1) is 4.20 Å². The molecule has 0 spiro atoms. The molecule has 0 aliphatic heterocycles. The van der Waals surface area contributed by atoms with Crippen LogP contribution in [0.3, 0.4) is 0 Å². The van der Waals surface area contributed by atoms with Crippen LogP contribution in [0.4, 0.5) is 0 Å². The van der Waals surface area contributed by atoms with Crippen LogP contribution in [0.25, 0.3) is 6.08 Å². The predicted molar refractivity (Wildman–Crippen MR) is 90.7 cm³/mol. The Labute approximate surface area is 124 Å². The molecule has 2 aromatic rings. The summed E-state index contributed by atoms with van der Waals surface area (Å²) in [7, 11) is 0. The third-order valence-corrected chi connectivity index (χ3v) is 3.97. The minimum absolute atomic E-state index is 0.875. The summed E-state index contributed by atoms with van der Waals surface area (Å²) in [5.41, 5.74) is 2.52. The van der Waals surface area contributed by atoms with Gasteiger partial charge in [0, 0.05) is 12.2 Å². The molecule has 96 valence electrons. The van der Waals surface area contributed by atoms with Gasteiger partial charge in [-0.1, -0.05) is 85.0 Å². The summed E-state index contributed by atoms with van der Waals surface area (Å²) < 4.78 is 1.05. The fourth-order valence-electron chi connectivity index (χ4n) is 1.70. The van der Waals surface area contributed by atoms with Crippen molar-refractivity contribution in [1.82, 2.24) is 0 Å². The summed E-state index contributed by atoms with van der Waals surface area (Å²) in [6, 6.07) is 20.7. The topological polar surface area (TPSA) is 0 Å². The van der Waals surface area contributed by atoms with Crippen molar-refractivity contribution in [2.45, 2.75) is 6.42 Å². The van der Waals surface area contributed by atoms with E-state index in [1.54, 1.807) is 11.8 Å². The van der Waals surface area contributed by atoms with Gasteiger partial charge in [-0.05, 0) is 11.1 Å². The summed E-state index contributed by atoms with van der Waals surface area (Å²) in [5.74, 6) is 0.931. The molecule has 0 aliphatic carbocycles. The molecule has 0 nitrogen and oxygen atoms in total. The van der Waals surface area contributed by atoms with Gasteiger partial charge in [0.25, 0.3) is 0 Å². The molecule has 0 radical (unpaired) electrons. The molecule has 2 heteroatoms. The van der Waals surface area contributed by atoms with Crippen LogP contribution >= 0.6 is 24.0 Å². The lowest BCUT2D eigenvalue weighted by Crippen LogP contribution is -1.95. The lowest BCUT2D eigenvalue weighted by atomic mass is 10.2. The third-order valence-electron chi connectivity index (χ3n) is 2.64. The average molecular weight is 284 g/mol. The van der Waals surface area contributed by atoms with E-state index in [1.807, 2.05) is 24.3 Å². The smallest absolute Gasteiger partial charge is 0.0525 e. The van der Waals surface area contributed by atoms with Crippen LogP contribution in [0.15, 0.2) is 66.7 Å². The van der Waals surface area contributed by atoms with Gasteiger partial charge in [-0.3, -0.25) is 0 Å². The number of thioether (sulfide) groups is 1. The van der Waals surface area contributed by atoms with Crippen molar-refractivity contribution in [2.24, 2.45) is 0 Å². The van der Waals surface area contributed by atoms with Crippen molar-refractivity contribution in [3.63, 3.8) is 0 Å². The number of thiocarbonyl (C=S) groups is 1. The average Bonchev–Trinajstić information content (AvgIpc) is 2.46. The zero-order valence-corrected chi connectivity index (χ0v) is 12.3. The lowest BCUT2D eigenvalue weighted by Gasteiger charge is -2.01. The highest BCUT2D eigenvalue weighted by atomic mass is 32.2. The molecule has 0 aliphatic rings. The number of rotatable bonds is 5. The van der Waals surface area contributed by atoms with E-state index in [9.17, 15) is 0 Å². The van der Waals surface area contributed by atoms with Crippen LogP contribution in [-0.4, -0.2) is 9.95 Å². The zero-order valence-electron chi connectivity index (χ0n) is 10.7. The zero-order chi connectivity index (χ0) is 13.3. The summed E-state index contributed by atoms with van der Waals surface area (Å²) in [6.45, 7) is 0. The summed E-state index contributed by atoms with van der Waals surface area (Å²) in [5, 5.41) is 0. The van der Waals surface area contributed by atoms with E-state index in [4.69, 9.17) is 12.2 Å². The molecular formula is C17H16S2. The van der Waals surface area contributed by atoms with Gasteiger partial charge in [0.2, 0.25) is 0 Å². The van der Waals surface area contributed by atoms with Crippen molar-refractivity contribution < 1.29 is 0 Å². The van der Waals surface area contributed by atoms with Gasteiger partial charge in [-0.15, -0.1) is 11.8 Å². The van der Waals surface area contributed by atoms with Gasteiger partial charge in [-0.2, -0.15) is 0 Å². The molecule has 0 saturated heterocycles. The van der Waals surface area contributed by atoms with Crippen LogP contribution in [-0.2, 0) is 6.42 Å². The highest BCUT2D eigenvalue weighted by Gasteiger charge is 1.98. The summed E-state index contributed by atoms with van der Waals surface area (Å²) in [4.78, 5) is 0. The molecule has 0 fully saturated rings. The molecule has 0 bridgehead atoms. The molecule has 2 aromatic carbocycles. The van der Waals surface area contributed by atoms with Crippen molar-refractivity contribution in [1.29, 1.82) is 0 Å². The minimum atomic E-state index is 0.875. The van der Waals surface area contributed by atoms with Crippen molar-refractivity contribution in [3.8, 4) is 0 Å². The maximum Gasteiger partial charge on any atom is 0.0525 e. The second-order valence-corrected chi connectivity index (χ2v) is 6.02. The monoisotopic (exact) mass is 284 g/mol. The van der Waals surface area contributed by atoms with E-state index in [1.165, 1.54) is 11.1 Å². The van der Waals surface area contributed by atoms with E-state index in [-0.39, 0.29) is 0 Å². The molecule has 0 aromatic heterocycles. The fraction of sp³-hybridized carbons (Fsp3) is 0.118. The fourth-order valence-corrected chi connectivity index (χ4v) is 2.72. The van der Waals surface area contributed by atoms with Gasteiger partial charge in [0.15, 0.2) is 0 Å². The second-order valence-electron chi connectivity index (χ2n) is 4.16. The van der Waals surface area contributed by atoms with Gasteiger partial charge in [0.1, 0.15) is 0 Å². The van der Waals surface area contributed by atoms with Crippen LogP contribution in [0.1, 0.15) is 11.1 Å². The van der Waals surface area contributed by atoms with E-state index in [0.717, 1.165) is 16.4 Å². The molecule has 0 atom stereocenters. The Morgan fingerprint density at radius 2 is 1.58 bits per heavy atom. The Morgan fingerprint density at radius 3 is 2.26 bits per heavy atom. The van der Waals surface area contributed by atoms with Crippen LogP contribution in [0.2, 0.25) is 0 Å². The number of hydrogen-bond donors (Lipinski definition) is 0. The summed E-state index contributed by atoms with van der Waals surface area (Å²) in [6.07, 6.45) is 5.18. The second kappa shape index (κ2) is 7.93. The molecule has 0 amide bonds. The van der Waals surface area contributed by atoms with Gasteiger partial charge in [-0.25, -0.2) is 0 Å². The maximum absolute atomic E-state index is 5.40. The van der Waals surface area contributed by atoms with Crippen LogP contribution < -0.4 is 0 Å². The first-order valence-electron chi connectivity index (χ1n) is 6.26. The van der Waals surface area contributed by atoms with E-state index >= 15 is 0 Å². The molecular weight excluding hydrogens is 268 g/mol.